The second-order valence-corrected chi connectivity index (χ2v) is 7.35. The van der Waals surface area contributed by atoms with Crippen LogP contribution in [0.15, 0.2) is 47.7 Å². The van der Waals surface area contributed by atoms with Crippen LogP contribution in [0.3, 0.4) is 0 Å². The molecule has 3 aromatic rings. The minimum atomic E-state index is -0.939. The Morgan fingerprint density at radius 3 is 2.76 bits per heavy atom. The Balaban J connectivity index is 1.71. The fraction of sp³-hybridized carbons (Fsp3) is 0.333. The molecule has 1 N–H and O–H groups in total. The summed E-state index contributed by atoms with van der Waals surface area (Å²) in [6.07, 6.45) is 5.52. The van der Waals surface area contributed by atoms with Crippen LogP contribution in [0.1, 0.15) is 42.2 Å². The molecule has 8 heteroatoms. The number of anilines is 2. The maximum Gasteiger partial charge on any atom is 0.261 e. The van der Waals surface area contributed by atoms with Crippen LogP contribution >= 0.6 is 0 Å². The van der Waals surface area contributed by atoms with E-state index in [4.69, 9.17) is 4.42 Å². The van der Waals surface area contributed by atoms with Crippen molar-refractivity contribution < 1.29 is 13.6 Å². The Morgan fingerprint density at radius 2 is 2.14 bits per heavy atom. The van der Waals surface area contributed by atoms with E-state index in [0.29, 0.717) is 41.6 Å². The third kappa shape index (κ3) is 3.96. The second kappa shape index (κ2) is 7.98. The van der Waals surface area contributed by atoms with Gasteiger partial charge in [-0.2, -0.15) is 0 Å². The molecule has 0 aliphatic carbocycles. The van der Waals surface area contributed by atoms with Crippen molar-refractivity contribution in [2.24, 2.45) is 0 Å². The maximum absolute atomic E-state index is 13.8. The number of furan rings is 1. The van der Waals surface area contributed by atoms with Crippen LogP contribution in [-0.2, 0) is 0 Å². The van der Waals surface area contributed by atoms with E-state index in [0.717, 1.165) is 5.69 Å². The number of pyridine rings is 1. The van der Waals surface area contributed by atoms with Gasteiger partial charge in [0.25, 0.3) is 5.91 Å². The highest BCUT2D eigenvalue weighted by molar-refractivity contribution is 6.11. The van der Waals surface area contributed by atoms with Gasteiger partial charge in [-0.05, 0) is 30.5 Å². The highest BCUT2D eigenvalue weighted by atomic mass is 19.1. The number of rotatable bonds is 5. The normalized spacial score (nSPS) is 16.4. The molecule has 1 amide bonds. The summed E-state index contributed by atoms with van der Waals surface area (Å²) in [7, 11) is 0. The number of nitrogens with zero attached hydrogens (tertiary/aromatic N) is 4. The van der Waals surface area contributed by atoms with Gasteiger partial charge in [0.1, 0.15) is 23.9 Å². The summed E-state index contributed by atoms with van der Waals surface area (Å²) in [6.45, 7) is 4.81. The van der Waals surface area contributed by atoms with Crippen molar-refractivity contribution in [3.63, 3.8) is 0 Å². The van der Waals surface area contributed by atoms with Gasteiger partial charge >= 0.3 is 0 Å². The first-order chi connectivity index (χ1) is 14.0. The number of alkyl halides is 1. The van der Waals surface area contributed by atoms with E-state index in [-0.39, 0.29) is 18.0 Å². The SMILES string of the molecule is CC(C)c1ccc(NC(=O)c2c(-c3ccoc3)ncnc2N2CC[C@H](F)C2)cn1. The van der Waals surface area contributed by atoms with Crippen LogP contribution in [0.5, 0.6) is 0 Å². The van der Waals surface area contributed by atoms with Crippen molar-refractivity contribution >= 4 is 17.4 Å². The van der Waals surface area contributed by atoms with Gasteiger partial charge in [-0.25, -0.2) is 14.4 Å². The molecule has 3 aromatic heterocycles. The summed E-state index contributed by atoms with van der Waals surface area (Å²) < 4.78 is 19.0. The molecule has 4 heterocycles. The fourth-order valence-electron chi connectivity index (χ4n) is 3.37. The quantitative estimate of drug-likeness (QED) is 0.701. The highest BCUT2D eigenvalue weighted by Gasteiger charge is 2.29. The number of hydrogen-bond acceptors (Lipinski definition) is 6. The van der Waals surface area contributed by atoms with Crippen LogP contribution in [-0.4, -0.2) is 40.1 Å². The molecule has 1 aliphatic heterocycles. The molecule has 150 valence electrons. The molecule has 1 fully saturated rings. The molecule has 1 atom stereocenters. The molecule has 0 unspecified atom stereocenters. The van der Waals surface area contributed by atoms with Gasteiger partial charge in [0.05, 0.1) is 36.6 Å². The molecule has 0 spiro atoms. The van der Waals surface area contributed by atoms with Crippen molar-refractivity contribution in [3.8, 4) is 11.3 Å². The lowest BCUT2D eigenvalue weighted by atomic mass is 10.1. The Labute approximate surface area is 168 Å². The van der Waals surface area contributed by atoms with Gasteiger partial charge < -0.3 is 14.6 Å². The molecule has 4 rings (SSSR count). The predicted molar refractivity (Wildman–Crippen MR) is 108 cm³/mol. The summed E-state index contributed by atoms with van der Waals surface area (Å²) in [4.78, 5) is 28.0. The molecule has 29 heavy (non-hydrogen) atoms. The van der Waals surface area contributed by atoms with E-state index in [1.165, 1.54) is 18.9 Å². The van der Waals surface area contributed by atoms with Gasteiger partial charge in [-0.3, -0.25) is 9.78 Å². The molecule has 0 aromatic carbocycles. The van der Waals surface area contributed by atoms with Crippen molar-refractivity contribution in [2.45, 2.75) is 32.4 Å². The van der Waals surface area contributed by atoms with E-state index in [2.05, 4.69) is 34.1 Å². The number of carbonyl (C=O) groups is 1. The maximum atomic E-state index is 13.8. The third-order valence-electron chi connectivity index (χ3n) is 4.91. The van der Waals surface area contributed by atoms with E-state index in [1.807, 2.05) is 12.1 Å². The Hall–Kier alpha value is -3.29. The van der Waals surface area contributed by atoms with Gasteiger partial charge in [0.2, 0.25) is 0 Å². The fourth-order valence-corrected chi connectivity index (χ4v) is 3.37. The summed E-state index contributed by atoms with van der Waals surface area (Å²) in [5.74, 6) is 0.337. The Morgan fingerprint density at radius 1 is 1.28 bits per heavy atom. The lowest BCUT2D eigenvalue weighted by Gasteiger charge is -2.21. The van der Waals surface area contributed by atoms with Gasteiger partial charge in [0, 0.05) is 17.8 Å². The third-order valence-corrected chi connectivity index (χ3v) is 4.91. The Kier molecular flexibility index (Phi) is 5.24. The molecule has 0 radical (unpaired) electrons. The number of hydrogen-bond donors (Lipinski definition) is 1. The largest absolute Gasteiger partial charge is 0.472 e. The van der Waals surface area contributed by atoms with E-state index < -0.39 is 6.17 Å². The lowest BCUT2D eigenvalue weighted by molar-refractivity contribution is 0.102. The van der Waals surface area contributed by atoms with E-state index in [9.17, 15) is 9.18 Å². The number of nitrogens with one attached hydrogen (secondary N) is 1. The number of carbonyl (C=O) groups excluding carboxylic acids is 1. The van der Waals surface area contributed by atoms with Crippen molar-refractivity contribution in [3.05, 3.63) is 54.5 Å². The van der Waals surface area contributed by atoms with E-state index >= 15 is 0 Å². The molecular formula is C21H22FN5O2. The zero-order valence-electron chi connectivity index (χ0n) is 16.3. The minimum absolute atomic E-state index is 0.201. The first-order valence-corrected chi connectivity index (χ1v) is 9.57. The number of amides is 1. The number of halogens is 1. The summed E-state index contributed by atoms with van der Waals surface area (Å²) >= 11 is 0. The predicted octanol–water partition coefficient (Wildman–Crippen LogP) is 4.06. The van der Waals surface area contributed by atoms with Crippen molar-refractivity contribution in [2.75, 3.05) is 23.3 Å². The lowest BCUT2D eigenvalue weighted by Crippen LogP contribution is -2.26. The molecule has 1 saturated heterocycles. The molecule has 1 aliphatic rings. The highest BCUT2D eigenvalue weighted by Crippen LogP contribution is 2.31. The Bertz CT molecular complexity index is 989. The molecule has 0 saturated carbocycles. The monoisotopic (exact) mass is 395 g/mol. The molecule has 7 nitrogen and oxygen atoms in total. The summed E-state index contributed by atoms with van der Waals surface area (Å²) in [5.41, 5.74) is 2.89. The average Bonchev–Trinajstić information content (AvgIpc) is 3.39. The molecule has 0 bridgehead atoms. The minimum Gasteiger partial charge on any atom is -0.472 e. The number of aromatic nitrogens is 3. The van der Waals surface area contributed by atoms with Crippen LogP contribution in [0, 0.1) is 0 Å². The van der Waals surface area contributed by atoms with Crippen LogP contribution in [0.2, 0.25) is 0 Å². The first-order valence-electron chi connectivity index (χ1n) is 9.57. The van der Waals surface area contributed by atoms with Gasteiger partial charge in [0.15, 0.2) is 0 Å². The average molecular weight is 395 g/mol. The van der Waals surface area contributed by atoms with Gasteiger partial charge in [-0.1, -0.05) is 13.8 Å². The standard InChI is InChI=1S/C21H22FN5O2/c1-13(2)17-4-3-16(9-23-17)26-21(28)18-19(14-6-8-29-11-14)24-12-25-20(18)27-7-5-15(22)10-27/h3-4,6,8-9,11-13,15H,5,7,10H2,1-2H3,(H,26,28)/t15-/m0/s1. The van der Waals surface area contributed by atoms with E-state index in [1.54, 1.807) is 17.2 Å². The second-order valence-electron chi connectivity index (χ2n) is 7.35. The van der Waals surface area contributed by atoms with Gasteiger partial charge in [-0.15, -0.1) is 0 Å². The summed E-state index contributed by atoms with van der Waals surface area (Å²) in [6, 6.07) is 5.42. The van der Waals surface area contributed by atoms with Crippen molar-refractivity contribution in [1.29, 1.82) is 0 Å². The summed E-state index contributed by atoms with van der Waals surface area (Å²) in [5, 5.41) is 2.87. The van der Waals surface area contributed by atoms with Crippen LogP contribution in [0.4, 0.5) is 15.9 Å². The van der Waals surface area contributed by atoms with Crippen LogP contribution in [0.25, 0.3) is 11.3 Å². The van der Waals surface area contributed by atoms with Crippen LogP contribution < -0.4 is 10.2 Å². The first kappa shape index (κ1) is 19.0. The molecular weight excluding hydrogens is 373 g/mol. The zero-order valence-corrected chi connectivity index (χ0v) is 16.3. The smallest absolute Gasteiger partial charge is 0.261 e. The topological polar surface area (TPSA) is 84.2 Å². The van der Waals surface area contributed by atoms with Crippen molar-refractivity contribution in [1.82, 2.24) is 15.0 Å². The zero-order chi connectivity index (χ0) is 20.4.